The second-order valence-electron chi connectivity index (χ2n) is 20.7. The Morgan fingerprint density at radius 2 is 1.01 bits per heavy atom. The second kappa shape index (κ2) is 32.7. The van der Waals surface area contributed by atoms with E-state index in [1.165, 1.54) is 73.2 Å². The van der Waals surface area contributed by atoms with Crippen LogP contribution in [0.5, 0.6) is 0 Å². The Morgan fingerprint density at radius 1 is 0.587 bits per heavy atom. The normalized spacial score (nSPS) is 13.0. The van der Waals surface area contributed by atoms with Gasteiger partial charge in [0.15, 0.2) is 10.3 Å². The Balaban J connectivity index is 0.000000192. The number of halogens is 4. The molecule has 31 heteroatoms. The molecule has 92 heavy (non-hydrogen) atoms. The summed E-state index contributed by atoms with van der Waals surface area (Å²) < 4.78 is 91.5. The molecule has 0 bridgehead atoms. The number of thiazole rings is 2. The molecule has 0 unspecified atom stereocenters. The quantitative estimate of drug-likeness (QED) is 0.0518. The molecule has 0 radical (unpaired) electrons. The summed E-state index contributed by atoms with van der Waals surface area (Å²) >= 11 is 14.8. The summed E-state index contributed by atoms with van der Waals surface area (Å²) in [5.74, 6) is -0.294. The number of sulfonamides is 2. The molecule has 10 aromatic rings. The molecule has 11 rings (SSSR count). The number of pyridine rings is 3. The topological polar surface area (TPSA) is 314 Å². The maximum atomic E-state index is 12.6. The van der Waals surface area contributed by atoms with Gasteiger partial charge < -0.3 is 30.8 Å². The highest BCUT2D eigenvalue weighted by molar-refractivity contribution is 9.10. The van der Waals surface area contributed by atoms with Crippen LogP contribution in [0, 0.1) is 13.8 Å². The number of nitrogens with two attached hydrogens (primary N) is 1. The first kappa shape index (κ1) is 74.0. The van der Waals surface area contributed by atoms with E-state index in [0.717, 1.165) is 52.6 Å². The predicted octanol–water partition coefficient (Wildman–Crippen LogP) is 13.6. The first-order chi connectivity index (χ1) is 43.1. The van der Waals surface area contributed by atoms with E-state index < -0.39 is 29.1 Å². The van der Waals surface area contributed by atoms with Crippen LogP contribution in [0.25, 0.3) is 31.6 Å². The van der Waals surface area contributed by atoms with E-state index in [4.69, 9.17) is 42.4 Å². The van der Waals surface area contributed by atoms with E-state index >= 15 is 0 Å². The van der Waals surface area contributed by atoms with Gasteiger partial charge in [0, 0.05) is 75.5 Å². The predicted molar refractivity (Wildman–Crippen MR) is 376 cm³/mol. The number of nitrogens with zero attached hydrogens (tertiary/aromatic N) is 5. The Morgan fingerprint density at radius 3 is 1.45 bits per heavy atom. The van der Waals surface area contributed by atoms with Gasteiger partial charge in [-0.15, -0.1) is 0 Å². The van der Waals surface area contributed by atoms with Crippen LogP contribution in [0.3, 0.4) is 0 Å². The number of nitrogens with one attached hydrogen (secondary N) is 4. The maximum Gasteiger partial charge on any atom is 0.494 e. The first-order valence-corrected chi connectivity index (χ1v) is 36.2. The number of anilines is 5. The Bertz CT molecular complexity index is 4510. The van der Waals surface area contributed by atoms with E-state index in [1.54, 1.807) is 98.4 Å². The zero-order chi connectivity index (χ0) is 67.8. The number of carbonyl (C=O) groups is 2. The smallest absolute Gasteiger partial charge is 0.399 e. The van der Waals surface area contributed by atoms with E-state index in [1.807, 2.05) is 77.9 Å². The van der Waals surface area contributed by atoms with Crippen LogP contribution in [0.4, 0.5) is 27.3 Å². The fraction of sp³-hybridized carbons (Fsp3) is 0.197. The third-order valence-corrected chi connectivity index (χ3v) is 19.8. The molecule has 0 atom stereocenters. The number of amides is 2. The Hall–Kier alpha value is -7.00. The van der Waals surface area contributed by atoms with Crippen LogP contribution in [0.2, 0.25) is 5.02 Å². The van der Waals surface area contributed by atoms with E-state index in [9.17, 15) is 34.8 Å². The van der Waals surface area contributed by atoms with Crippen molar-refractivity contribution in [3.63, 3.8) is 0 Å². The number of aliphatic hydroxyl groups is 1. The molecule has 0 aliphatic carbocycles. The Kier molecular flexibility index (Phi) is 26.3. The van der Waals surface area contributed by atoms with E-state index in [-0.39, 0.29) is 51.4 Å². The average molecular weight is 1510 g/mol. The standard InChI is InChI=1S/C21H18N4O3S2.C15H19BN2O3S.C12H11BrN2O2S.C6H4Cl2O2S.C5H5BrN2.C2H6O/c1-13-3-6-18(7-4-13)30(27,28)25-17-9-16(11-22-12-17)15-5-8-19-20(10-15)29-21(24-19)23-14(2)26;1-9(19)17-13-18-11-7-6-10(8-12(11)22-13)16-20-14(2,3)15(4,5)21-16;1-9-2-4-12(5-3-9)18(16,17)15-11-6-10(13)7-14-8-11;7-5-1-3-6(4-2-5)11(8,9)10;6-4-1-5(7)3-8-2-4;1-2-3/h3-12,25H,1-2H3,(H,23,24,26);6-8H,1-5H3,(H,17,18,19);2-8,15H,1H3;1-4H;1-3H,7H2;3H,2H2,1H3. The van der Waals surface area contributed by atoms with Crippen LogP contribution in [-0.2, 0) is 48.0 Å². The number of hydrogen-bond acceptors (Lipinski definition) is 19. The van der Waals surface area contributed by atoms with Gasteiger partial charge in [-0.2, -0.15) is 0 Å². The summed E-state index contributed by atoms with van der Waals surface area (Å²) in [6.45, 7) is 16.8. The largest absolute Gasteiger partial charge is 0.494 e. The van der Waals surface area contributed by atoms with Crippen molar-refractivity contribution in [1.82, 2.24) is 24.9 Å². The summed E-state index contributed by atoms with van der Waals surface area (Å²) in [5.41, 5.74) is 12.3. The third kappa shape index (κ3) is 22.4. The molecule has 7 N–H and O–H groups in total. The minimum Gasteiger partial charge on any atom is -0.399 e. The molecule has 1 fully saturated rings. The third-order valence-electron chi connectivity index (χ3n) is 12.7. The highest BCUT2D eigenvalue weighted by atomic mass is 79.9. The number of aromatic nitrogens is 5. The number of benzene rings is 5. The molecule has 1 aliphatic heterocycles. The number of rotatable bonds is 11. The minimum atomic E-state index is -3.71. The van der Waals surface area contributed by atoms with Crippen molar-refractivity contribution < 1.29 is 49.3 Å². The number of hydrogen-bond donors (Lipinski definition) is 6. The number of aryl methyl sites for hydroxylation is 2. The molecule has 21 nitrogen and oxygen atoms in total. The number of aliphatic hydroxyl groups excluding tert-OH is 1. The average Bonchev–Trinajstić information content (AvgIpc) is 1.62. The van der Waals surface area contributed by atoms with Crippen LogP contribution in [0.15, 0.2) is 188 Å². The lowest BCUT2D eigenvalue weighted by Gasteiger charge is -2.32. The highest BCUT2D eigenvalue weighted by Crippen LogP contribution is 2.37. The molecule has 5 aromatic carbocycles. The number of fused-ring (bicyclic) bond motifs is 2. The van der Waals surface area contributed by atoms with Crippen molar-refractivity contribution in [3.05, 3.63) is 190 Å². The lowest BCUT2D eigenvalue weighted by atomic mass is 9.79. The summed E-state index contributed by atoms with van der Waals surface area (Å²) in [7, 11) is -6.22. The van der Waals surface area contributed by atoms with Gasteiger partial charge in [0.2, 0.25) is 11.8 Å². The van der Waals surface area contributed by atoms with E-state index in [0.29, 0.717) is 36.8 Å². The Labute approximate surface area is 568 Å². The zero-order valence-corrected chi connectivity index (χ0v) is 59.5. The van der Waals surface area contributed by atoms with Crippen LogP contribution in [-0.4, -0.2) is 92.0 Å². The number of carbonyl (C=O) groups excluding carboxylic acids is 2. The lowest BCUT2D eigenvalue weighted by Crippen LogP contribution is -2.41. The van der Waals surface area contributed by atoms with E-state index in [2.05, 4.69) is 76.9 Å². The van der Waals surface area contributed by atoms with Gasteiger partial charge in [0.1, 0.15) is 0 Å². The molecular formula is C61H63BBr2Cl2N10O11S5. The molecule has 0 spiro atoms. The van der Waals surface area contributed by atoms with Gasteiger partial charge in [-0.3, -0.25) is 34.0 Å². The van der Waals surface area contributed by atoms with Crippen molar-refractivity contribution in [2.75, 3.05) is 32.4 Å². The summed E-state index contributed by atoms with van der Waals surface area (Å²) in [6.07, 6.45) is 9.47. The van der Waals surface area contributed by atoms with Gasteiger partial charge in [0.25, 0.3) is 29.1 Å². The fourth-order valence-electron chi connectivity index (χ4n) is 7.59. The molecule has 0 saturated carbocycles. The molecule has 484 valence electrons. The van der Waals surface area contributed by atoms with Crippen molar-refractivity contribution in [1.29, 1.82) is 0 Å². The monoisotopic (exact) mass is 1510 g/mol. The molecule has 1 aliphatic rings. The fourth-order valence-corrected chi connectivity index (χ4v) is 13.2. The summed E-state index contributed by atoms with van der Waals surface area (Å²) in [6, 6.07) is 35.7. The minimum absolute atomic E-state index is 0.0589. The SMILES string of the molecule is CC(=O)Nc1nc2ccc(-c3cncc(NS(=O)(=O)c4ccc(C)cc4)c3)cc2s1.CC(=O)Nc1nc2ccc(B3OC(C)(C)C(C)(C)O3)cc2s1.CCO.Cc1ccc(S(=O)(=O)Nc2cncc(Br)c2)cc1.Nc1cncc(Br)c1.O=S(=O)(Cl)c1ccc(Cl)cc1. The van der Waals surface area contributed by atoms with Crippen LogP contribution < -0.4 is 31.3 Å². The van der Waals surface area contributed by atoms with Crippen molar-refractivity contribution in [2.45, 2.75) is 88.2 Å². The van der Waals surface area contributed by atoms with Crippen molar-refractivity contribution in [3.8, 4) is 11.1 Å². The molecule has 1 saturated heterocycles. The summed E-state index contributed by atoms with van der Waals surface area (Å²) in [4.78, 5) is 43.5. The van der Waals surface area contributed by atoms with Gasteiger partial charge >= 0.3 is 7.12 Å². The molecule has 6 heterocycles. The zero-order valence-electron chi connectivity index (χ0n) is 50.8. The summed E-state index contributed by atoms with van der Waals surface area (Å²) in [5, 5.41) is 14.6. The highest BCUT2D eigenvalue weighted by Gasteiger charge is 2.51. The van der Waals surface area contributed by atoms with Gasteiger partial charge in [-0.1, -0.05) is 81.8 Å². The van der Waals surface area contributed by atoms with Gasteiger partial charge in [-0.25, -0.2) is 35.2 Å². The molecule has 2 amide bonds. The van der Waals surface area contributed by atoms with Crippen LogP contribution >= 0.6 is 76.8 Å². The molecule has 5 aromatic heterocycles. The lowest BCUT2D eigenvalue weighted by molar-refractivity contribution is -0.115. The van der Waals surface area contributed by atoms with Gasteiger partial charge in [-0.05, 0) is 182 Å². The maximum absolute atomic E-state index is 12.6. The molecular weight excluding hydrogens is 1450 g/mol. The number of nitrogen functional groups attached to an aromatic ring is 1. The first-order valence-electron chi connectivity index (χ1n) is 27.3. The van der Waals surface area contributed by atoms with Crippen LogP contribution in [0.1, 0.15) is 59.6 Å². The van der Waals surface area contributed by atoms with Crippen molar-refractivity contribution in [2.24, 2.45) is 0 Å². The van der Waals surface area contributed by atoms with Gasteiger partial charge in [0.05, 0.1) is 75.8 Å². The second-order valence-corrected chi connectivity index (χ2v) is 31.0. The van der Waals surface area contributed by atoms with Crippen molar-refractivity contribution >= 4 is 178 Å².